The van der Waals surface area contributed by atoms with Crippen LogP contribution in [-0.2, 0) is 4.79 Å². The minimum atomic E-state index is -0.571. The van der Waals surface area contributed by atoms with Gasteiger partial charge in [0.1, 0.15) is 0 Å². The number of amides is 1. The first kappa shape index (κ1) is 24.4. The summed E-state index contributed by atoms with van der Waals surface area (Å²) >= 11 is 3.61. The van der Waals surface area contributed by atoms with Crippen molar-refractivity contribution in [3.05, 3.63) is 141 Å². The molecule has 1 aliphatic heterocycles. The smallest absolute Gasteiger partial charge is 0.259 e. The molecule has 0 radical (unpaired) electrons. The van der Waals surface area contributed by atoms with Gasteiger partial charge in [-0.3, -0.25) is 14.5 Å². The minimum Gasteiger partial charge on any atom is -0.357 e. The molecule has 1 aliphatic carbocycles. The van der Waals surface area contributed by atoms with Gasteiger partial charge in [-0.05, 0) is 66.8 Å². The van der Waals surface area contributed by atoms with Crippen molar-refractivity contribution in [2.75, 3.05) is 10.2 Å². The van der Waals surface area contributed by atoms with Crippen LogP contribution in [0.15, 0.2) is 119 Å². The fourth-order valence-electron chi connectivity index (χ4n) is 5.60. The van der Waals surface area contributed by atoms with Crippen LogP contribution in [0.4, 0.5) is 11.4 Å². The second kappa shape index (κ2) is 10.1. The number of allylic oxidation sites excluding steroid dienone is 1. The predicted octanol–water partition coefficient (Wildman–Crippen LogP) is 7.97. The Morgan fingerprint density at radius 2 is 1.58 bits per heavy atom. The van der Waals surface area contributed by atoms with Gasteiger partial charge in [-0.15, -0.1) is 0 Å². The summed E-state index contributed by atoms with van der Waals surface area (Å²) in [6.45, 7) is 2.07. The van der Waals surface area contributed by atoms with Crippen molar-refractivity contribution < 1.29 is 9.59 Å². The van der Waals surface area contributed by atoms with Crippen LogP contribution in [0.25, 0.3) is 0 Å². The maximum absolute atomic E-state index is 14.2. The molecule has 38 heavy (non-hydrogen) atoms. The Kier molecular flexibility index (Phi) is 6.46. The molecule has 2 aliphatic rings. The van der Waals surface area contributed by atoms with Crippen LogP contribution in [0.3, 0.4) is 0 Å². The lowest BCUT2D eigenvalue weighted by atomic mass is 9.78. The van der Waals surface area contributed by atoms with Crippen molar-refractivity contribution in [1.82, 2.24) is 0 Å². The van der Waals surface area contributed by atoms with Gasteiger partial charge < -0.3 is 5.32 Å². The van der Waals surface area contributed by atoms with E-state index in [4.69, 9.17) is 0 Å². The molecule has 2 atom stereocenters. The van der Waals surface area contributed by atoms with Gasteiger partial charge in [-0.25, -0.2) is 0 Å². The monoisotopic (exact) mass is 562 g/mol. The van der Waals surface area contributed by atoms with Crippen LogP contribution < -0.4 is 10.2 Å². The van der Waals surface area contributed by atoms with Crippen LogP contribution in [0.1, 0.15) is 51.8 Å². The van der Waals surface area contributed by atoms with E-state index in [0.29, 0.717) is 24.0 Å². The van der Waals surface area contributed by atoms with E-state index in [1.165, 1.54) is 5.56 Å². The molecule has 0 bridgehead atoms. The van der Waals surface area contributed by atoms with E-state index in [1.54, 1.807) is 4.90 Å². The average Bonchev–Trinajstić information content (AvgIpc) is 3.08. The van der Waals surface area contributed by atoms with Gasteiger partial charge in [-0.2, -0.15) is 0 Å². The van der Waals surface area contributed by atoms with E-state index in [2.05, 4.69) is 52.4 Å². The van der Waals surface area contributed by atoms with Crippen molar-refractivity contribution in [2.45, 2.75) is 31.7 Å². The molecule has 188 valence electrons. The molecule has 0 fully saturated rings. The molecule has 0 saturated heterocycles. The zero-order chi connectivity index (χ0) is 26.2. The third-order valence-corrected chi connectivity index (χ3v) is 7.93. The number of benzene rings is 4. The summed E-state index contributed by atoms with van der Waals surface area (Å²) < 4.78 is 0.899. The summed E-state index contributed by atoms with van der Waals surface area (Å²) in [5.74, 6) is -0.0129. The van der Waals surface area contributed by atoms with Gasteiger partial charge in [0.25, 0.3) is 5.91 Å². The number of carbonyl (C=O) groups excluding carboxylic acids is 2. The number of fused-ring (bicyclic) bond motifs is 1. The van der Waals surface area contributed by atoms with E-state index in [9.17, 15) is 9.59 Å². The van der Waals surface area contributed by atoms with E-state index in [-0.39, 0.29) is 17.6 Å². The van der Waals surface area contributed by atoms with E-state index in [1.807, 2.05) is 78.9 Å². The Morgan fingerprint density at radius 3 is 2.34 bits per heavy atom. The fourth-order valence-corrected chi connectivity index (χ4v) is 6.02. The third kappa shape index (κ3) is 4.48. The zero-order valence-corrected chi connectivity index (χ0v) is 22.6. The molecule has 0 spiro atoms. The Balaban J connectivity index is 1.56. The van der Waals surface area contributed by atoms with Gasteiger partial charge in [0.05, 0.1) is 17.4 Å². The van der Waals surface area contributed by atoms with Gasteiger partial charge in [0.15, 0.2) is 5.78 Å². The van der Waals surface area contributed by atoms with E-state index >= 15 is 0 Å². The van der Waals surface area contributed by atoms with Crippen molar-refractivity contribution >= 4 is 39.0 Å². The lowest BCUT2D eigenvalue weighted by Gasteiger charge is -2.35. The molecule has 1 N–H and O–H groups in total. The van der Waals surface area contributed by atoms with Crippen LogP contribution in [0.2, 0.25) is 0 Å². The summed E-state index contributed by atoms with van der Waals surface area (Å²) in [7, 11) is 0. The third-order valence-electron chi connectivity index (χ3n) is 7.44. The first-order valence-electron chi connectivity index (χ1n) is 12.8. The molecule has 6 rings (SSSR count). The number of hydrogen-bond donors (Lipinski definition) is 1. The molecule has 4 nitrogen and oxygen atoms in total. The van der Waals surface area contributed by atoms with E-state index < -0.39 is 6.04 Å². The average molecular weight is 563 g/mol. The summed E-state index contributed by atoms with van der Waals surface area (Å²) in [4.78, 5) is 30.1. The normalized spacial score (nSPS) is 18.8. The number of Topliss-reactive ketones (excluding diaryl/α,β-unsaturated/α-hetero) is 1. The topological polar surface area (TPSA) is 49.4 Å². The summed E-state index contributed by atoms with van der Waals surface area (Å²) in [6.07, 6.45) is 1.09. The second-order valence-electron chi connectivity index (χ2n) is 9.97. The molecular weight excluding hydrogens is 536 g/mol. The number of nitrogens with one attached hydrogen (secondary N) is 1. The Bertz CT molecular complexity index is 1560. The molecule has 4 aromatic carbocycles. The molecule has 1 heterocycles. The summed E-state index contributed by atoms with van der Waals surface area (Å²) in [6, 6.07) is 32.9. The standard InChI is InChI=1S/C33H27BrN2O2/c1-21-14-16-22(17-15-21)25-19-28-31(30(37)20-25)32(24-10-7-11-26(34)18-24)36(29-13-6-5-12-27(29)35-28)33(38)23-8-3-2-4-9-23/h2-18,25,32,35H,19-20H2,1H3/t25-,32+/m0/s1. The number of para-hydroxylation sites is 2. The highest BCUT2D eigenvalue weighted by Crippen LogP contribution is 2.48. The predicted molar refractivity (Wildman–Crippen MR) is 155 cm³/mol. The zero-order valence-electron chi connectivity index (χ0n) is 21.0. The van der Waals surface area contributed by atoms with Gasteiger partial charge in [-0.1, -0.05) is 88.2 Å². The van der Waals surface area contributed by atoms with Crippen LogP contribution in [0, 0.1) is 6.92 Å². The molecule has 5 heteroatoms. The molecule has 1 amide bonds. The molecular formula is C33H27BrN2O2. The number of carbonyl (C=O) groups is 2. The van der Waals surface area contributed by atoms with Crippen LogP contribution in [-0.4, -0.2) is 11.7 Å². The maximum Gasteiger partial charge on any atom is 0.259 e. The highest BCUT2D eigenvalue weighted by molar-refractivity contribution is 9.10. The molecule has 4 aromatic rings. The fraction of sp³-hybridized carbons (Fsp3) is 0.152. The number of hydrogen-bond acceptors (Lipinski definition) is 3. The first-order chi connectivity index (χ1) is 18.5. The van der Waals surface area contributed by atoms with Crippen LogP contribution in [0.5, 0.6) is 0 Å². The quantitative estimate of drug-likeness (QED) is 0.275. The number of ketones is 1. The van der Waals surface area contributed by atoms with Crippen molar-refractivity contribution in [3.63, 3.8) is 0 Å². The Hall–Kier alpha value is -3.96. The number of halogens is 1. The first-order valence-corrected chi connectivity index (χ1v) is 13.6. The minimum absolute atomic E-state index is 0.0629. The lowest BCUT2D eigenvalue weighted by Crippen LogP contribution is -2.38. The molecule has 0 unspecified atom stereocenters. The van der Waals surface area contributed by atoms with Crippen molar-refractivity contribution in [1.29, 1.82) is 0 Å². The summed E-state index contributed by atoms with van der Waals surface area (Å²) in [5, 5.41) is 3.61. The van der Waals surface area contributed by atoms with E-state index in [0.717, 1.165) is 32.7 Å². The number of nitrogens with zero attached hydrogens (tertiary/aromatic N) is 1. The Labute approximate surface area is 231 Å². The lowest BCUT2D eigenvalue weighted by molar-refractivity contribution is -0.116. The van der Waals surface area contributed by atoms with Gasteiger partial charge in [0.2, 0.25) is 0 Å². The number of rotatable bonds is 3. The van der Waals surface area contributed by atoms with Crippen LogP contribution >= 0.6 is 15.9 Å². The molecule has 0 saturated carbocycles. The Morgan fingerprint density at radius 1 is 0.842 bits per heavy atom. The largest absolute Gasteiger partial charge is 0.357 e. The number of anilines is 2. The number of aryl methyl sites for hydroxylation is 1. The van der Waals surface area contributed by atoms with Crippen molar-refractivity contribution in [2.24, 2.45) is 0 Å². The van der Waals surface area contributed by atoms with Crippen molar-refractivity contribution in [3.8, 4) is 0 Å². The highest BCUT2D eigenvalue weighted by Gasteiger charge is 2.41. The summed E-state index contributed by atoms with van der Waals surface area (Å²) in [5.41, 5.74) is 6.93. The molecule has 0 aromatic heterocycles. The van der Waals surface area contributed by atoms with Gasteiger partial charge in [0, 0.05) is 27.7 Å². The highest BCUT2D eigenvalue weighted by atomic mass is 79.9. The van der Waals surface area contributed by atoms with Gasteiger partial charge >= 0.3 is 0 Å². The maximum atomic E-state index is 14.2. The second-order valence-corrected chi connectivity index (χ2v) is 10.9. The SMILES string of the molecule is Cc1ccc([C@@H]2CC(=O)C3=C(C2)Nc2ccccc2N(C(=O)c2ccccc2)[C@@H]3c2cccc(Br)c2)cc1.